The van der Waals surface area contributed by atoms with Gasteiger partial charge in [-0.05, 0) is 6.08 Å². The number of nitrogens with one attached hydrogen (secondary N) is 1. The predicted molar refractivity (Wildman–Crippen MR) is 73.1 cm³/mol. The van der Waals surface area contributed by atoms with Crippen LogP contribution in [0.4, 0.5) is 5.69 Å². The summed E-state index contributed by atoms with van der Waals surface area (Å²) in [6, 6.07) is 8.45. The van der Waals surface area contributed by atoms with Gasteiger partial charge in [0.1, 0.15) is 0 Å². The second-order valence-electron chi connectivity index (χ2n) is 4.17. The molecule has 0 atom stereocenters. The highest BCUT2D eigenvalue weighted by molar-refractivity contribution is 5.74. The number of benzene rings is 1. The highest BCUT2D eigenvalue weighted by Crippen LogP contribution is 2.24. The van der Waals surface area contributed by atoms with Crippen LogP contribution in [0, 0.1) is 0 Å². The van der Waals surface area contributed by atoms with Gasteiger partial charge in [0.05, 0.1) is 0 Å². The molecule has 1 N–H and O–H groups in total. The number of carbonyl (C=O) groups is 1. The number of rotatable bonds is 3. The molecule has 0 saturated carbocycles. The van der Waals surface area contributed by atoms with E-state index in [1.54, 1.807) is 12.3 Å². The molecular formula is C15H17N2O+. The number of carbonyl (C=O) groups excluding carboxylic acids is 1. The maximum absolute atomic E-state index is 10.6. The van der Waals surface area contributed by atoms with Crippen molar-refractivity contribution in [2.24, 2.45) is 0 Å². The maximum atomic E-state index is 10.6. The van der Waals surface area contributed by atoms with E-state index in [0.29, 0.717) is 0 Å². The van der Waals surface area contributed by atoms with Gasteiger partial charge in [-0.3, -0.25) is 4.79 Å². The number of nitrogens with zero attached hydrogens (tertiary/aromatic N) is 1. The minimum atomic E-state index is -0.0582. The SMILES string of the molecule is CC(=O)NC=CC=CC=[N+]1CCc2ccccc21. The molecule has 1 aliphatic heterocycles. The molecule has 0 aromatic heterocycles. The zero-order valence-electron chi connectivity index (χ0n) is 10.5. The molecule has 1 aliphatic rings. The average Bonchev–Trinajstić information content (AvgIpc) is 2.77. The Morgan fingerprint density at radius 3 is 2.94 bits per heavy atom. The molecule has 0 fully saturated rings. The van der Waals surface area contributed by atoms with Crippen LogP contribution < -0.4 is 5.32 Å². The quantitative estimate of drug-likeness (QED) is 0.638. The Morgan fingerprint density at radius 1 is 1.28 bits per heavy atom. The lowest BCUT2D eigenvalue weighted by molar-refractivity contribution is -0.423. The second-order valence-corrected chi connectivity index (χ2v) is 4.17. The van der Waals surface area contributed by atoms with Gasteiger partial charge in [0.15, 0.2) is 12.8 Å². The Balaban J connectivity index is 1.97. The number of allylic oxidation sites excluding steroid dienone is 3. The van der Waals surface area contributed by atoms with Crippen LogP contribution in [0.5, 0.6) is 0 Å². The summed E-state index contributed by atoms with van der Waals surface area (Å²) < 4.78 is 2.23. The highest BCUT2D eigenvalue weighted by Gasteiger charge is 2.21. The Hall–Kier alpha value is -2.16. The van der Waals surface area contributed by atoms with E-state index >= 15 is 0 Å². The van der Waals surface area contributed by atoms with Gasteiger partial charge in [-0.25, -0.2) is 0 Å². The van der Waals surface area contributed by atoms with Crippen molar-refractivity contribution in [2.75, 3.05) is 6.54 Å². The highest BCUT2D eigenvalue weighted by atomic mass is 16.1. The van der Waals surface area contributed by atoms with E-state index in [9.17, 15) is 4.79 Å². The summed E-state index contributed by atoms with van der Waals surface area (Å²) in [7, 11) is 0. The number of amides is 1. The number of hydrogen-bond acceptors (Lipinski definition) is 1. The van der Waals surface area contributed by atoms with Crippen LogP contribution in [0.25, 0.3) is 0 Å². The maximum Gasteiger partial charge on any atom is 0.220 e. The fourth-order valence-electron chi connectivity index (χ4n) is 1.96. The average molecular weight is 241 g/mol. The molecular weight excluding hydrogens is 224 g/mol. The summed E-state index contributed by atoms with van der Waals surface area (Å²) in [6.07, 6.45) is 10.5. The molecule has 0 spiro atoms. The monoisotopic (exact) mass is 241 g/mol. The molecule has 92 valence electrons. The molecule has 2 rings (SSSR count). The molecule has 1 heterocycles. The summed E-state index contributed by atoms with van der Waals surface area (Å²) in [5.41, 5.74) is 2.68. The topological polar surface area (TPSA) is 32.1 Å². The van der Waals surface area contributed by atoms with Crippen LogP contribution in [0.1, 0.15) is 12.5 Å². The lowest BCUT2D eigenvalue weighted by atomic mass is 10.2. The third-order valence-corrected chi connectivity index (χ3v) is 2.79. The molecule has 3 heteroatoms. The summed E-state index contributed by atoms with van der Waals surface area (Å²) in [4.78, 5) is 10.6. The summed E-state index contributed by atoms with van der Waals surface area (Å²) in [6.45, 7) is 2.51. The second kappa shape index (κ2) is 5.96. The van der Waals surface area contributed by atoms with Crippen molar-refractivity contribution in [3.05, 3.63) is 54.3 Å². The Kier molecular flexibility index (Phi) is 4.07. The summed E-state index contributed by atoms with van der Waals surface area (Å²) >= 11 is 0. The fraction of sp³-hybridized carbons (Fsp3) is 0.200. The van der Waals surface area contributed by atoms with Crippen molar-refractivity contribution in [1.29, 1.82) is 0 Å². The van der Waals surface area contributed by atoms with Gasteiger partial charge < -0.3 is 5.32 Å². The van der Waals surface area contributed by atoms with Crippen LogP contribution in [0.2, 0.25) is 0 Å². The lowest BCUT2D eigenvalue weighted by Gasteiger charge is -1.92. The van der Waals surface area contributed by atoms with Crippen molar-refractivity contribution in [2.45, 2.75) is 13.3 Å². The lowest BCUT2D eigenvalue weighted by Crippen LogP contribution is -2.10. The first-order chi connectivity index (χ1) is 8.77. The van der Waals surface area contributed by atoms with E-state index in [0.717, 1.165) is 13.0 Å². The van der Waals surface area contributed by atoms with Crippen molar-refractivity contribution >= 4 is 17.8 Å². The molecule has 3 nitrogen and oxygen atoms in total. The molecule has 0 saturated heterocycles. The van der Waals surface area contributed by atoms with E-state index in [-0.39, 0.29) is 5.91 Å². The van der Waals surface area contributed by atoms with E-state index in [4.69, 9.17) is 0 Å². The first-order valence-electron chi connectivity index (χ1n) is 6.06. The molecule has 1 amide bonds. The van der Waals surface area contributed by atoms with Gasteiger partial charge in [0.2, 0.25) is 11.6 Å². The van der Waals surface area contributed by atoms with Crippen LogP contribution >= 0.6 is 0 Å². The molecule has 0 unspecified atom stereocenters. The molecule has 1 aromatic rings. The van der Waals surface area contributed by atoms with E-state index in [2.05, 4.69) is 40.4 Å². The molecule has 0 bridgehead atoms. The summed E-state index contributed by atoms with van der Waals surface area (Å²) in [5.74, 6) is -0.0582. The normalized spacial score (nSPS) is 16.6. The smallest absolute Gasteiger partial charge is 0.220 e. The largest absolute Gasteiger partial charge is 0.333 e. The molecule has 0 aliphatic carbocycles. The van der Waals surface area contributed by atoms with Crippen LogP contribution in [-0.4, -0.2) is 23.2 Å². The number of hydrogen-bond donors (Lipinski definition) is 1. The van der Waals surface area contributed by atoms with E-state index < -0.39 is 0 Å². The first kappa shape index (κ1) is 12.3. The van der Waals surface area contributed by atoms with Crippen molar-refractivity contribution in [3.8, 4) is 0 Å². The minimum absolute atomic E-state index is 0.0582. The Labute approximate surface area is 107 Å². The Morgan fingerprint density at radius 2 is 2.11 bits per heavy atom. The zero-order chi connectivity index (χ0) is 12.8. The predicted octanol–water partition coefficient (Wildman–Crippen LogP) is 2.16. The fourth-order valence-corrected chi connectivity index (χ4v) is 1.96. The van der Waals surface area contributed by atoms with Crippen LogP contribution in [-0.2, 0) is 11.2 Å². The van der Waals surface area contributed by atoms with Crippen molar-refractivity contribution in [3.63, 3.8) is 0 Å². The number of para-hydroxylation sites is 1. The van der Waals surface area contributed by atoms with Gasteiger partial charge in [-0.15, -0.1) is 0 Å². The standard InChI is InChI=1S/C15H16N2O/c1-13(18)16-10-5-2-6-11-17-12-9-14-7-3-4-8-15(14)17/h2-8,10-11H,9,12H2,1H3/p+1. The van der Waals surface area contributed by atoms with Crippen LogP contribution in [0.3, 0.4) is 0 Å². The Bertz CT molecular complexity index is 527. The molecule has 0 radical (unpaired) electrons. The third kappa shape index (κ3) is 3.17. The first-order valence-corrected chi connectivity index (χ1v) is 6.06. The van der Waals surface area contributed by atoms with Crippen LogP contribution in [0.15, 0.2) is 48.7 Å². The van der Waals surface area contributed by atoms with Gasteiger partial charge >= 0.3 is 0 Å². The third-order valence-electron chi connectivity index (χ3n) is 2.79. The van der Waals surface area contributed by atoms with Crippen molar-refractivity contribution in [1.82, 2.24) is 5.32 Å². The van der Waals surface area contributed by atoms with Gasteiger partial charge in [0, 0.05) is 37.3 Å². The zero-order valence-corrected chi connectivity index (χ0v) is 10.5. The summed E-state index contributed by atoms with van der Waals surface area (Å²) in [5, 5.41) is 2.59. The van der Waals surface area contributed by atoms with Gasteiger partial charge in [0.25, 0.3) is 0 Å². The van der Waals surface area contributed by atoms with Crippen molar-refractivity contribution < 1.29 is 9.37 Å². The van der Waals surface area contributed by atoms with Gasteiger partial charge in [-0.1, -0.05) is 24.3 Å². The van der Waals surface area contributed by atoms with Gasteiger partial charge in [-0.2, -0.15) is 4.58 Å². The molecule has 1 aromatic carbocycles. The van der Waals surface area contributed by atoms with E-state index in [1.807, 2.05) is 12.2 Å². The molecule has 18 heavy (non-hydrogen) atoms. The minimum Gasteiger partial charge on any atom is -0.333 e. The number of fused-ring (bicyclic) bond motifs is 1. The van der Waals surface area contributed by atoms with E-state index in [1.165, 1.54) is 18.2 Å².